The smallest absolute Gasteiger partial charge is 0.197 e. The Morgan fingerprint density at radius 1 is 1.33 bits per heavy atom. The van der Waals surface area contributed by atoms with Gasteiger partial charge in [-0.2, -0.15) is 0 Å². The lowest BCUT2D eigenvalue weighted by atomic mass is 10.1. The minimum absolute atomic E-state index is 0.272. The van der Waals surface area contributed by atoms with Crippen LogP contribution < -0.4 is 25.8 Å². The van der Waals surface area contributed by atoms with E-state index in [4.69, 9.17) is 27.4 Å². The maximum absolute atomic E-state index is 5.65. The maximum Gasteiger partial charge on any atom is 0.197 e. The third-order valence-electron chi connectivity index (χ3n) is 2.51. The molecule has 6 nitrogen and oxygen atoms in total. The summed E-state index contributed by atoms with van der Waals surface area (Å²) in [6, 6.07) is 5.46. The monoisotopic (exact) mass is 266 g/mol. The summed E-state index contributed by atoms with van der Waals surface area (Å²) in [5, 5.41) is 6.16. The molecule has 1 aliphatic heterocycles. The lowest BCUT2D eigenvalue weighted by Gasteiger charge is -2.24. The third kappa shape index (κ3) is 2.45. The number of benzene rings is 1. The van der Waals surface area contributed by atoms with Gasteiger partial charge in [-0.15, -0.1) is 0 Å². The fourth-order valence-electron chi connectivity index (χ4n) is 1.68. The number of rotatable bonds is 3. The first-order valence-electron chi connectivity index (χ1n) is 5.26. The number of nitrogens with one attached hydrogen (secondary N) is 2. The second-order valence-electron chi connectivity index (χ2n) is 3.62. The fourth-order valence-corrected chi connectivity index (χ4v) is 1.90. The van der Waals surface area contributed by atoms with Crippen LogP contribution in [0.15, 0.2) is 23.2 Å². The number of guanidine groups is 1. The summed E-state index contributed by atoms with van der Waals surface area (Å²) in [5.74, 6) is 1.67. The Labute approximate surface area is 110 Å². The number of ether oxygens (including phenoxy) is 2. The van der Waals surface area contributed by atoms with Crippen molar-refractivity contribution in [2.45, 2.75) is 6.17 Å². The van der Waals surface area contributed by atoms with Crippen LogP contribution in [-0.4, -0.2) is 25.3 Å². The lowest BCUT2D eigenvalue weighted by Crippen LogP contribution is -2.49. The summed E-state index contributed by atoms with van der Waals surface area (Å²) in [4.78, 5) is 4.24. The average Bonchev–Trinajstić information content (AvgIpc) is 2.36. The average molecular weight is 266 g/mol. The summed E-state index contributed by atoms with van der Waals surface area (Å²) in [6.07, 6.45) is -0.385. The van der Waals surface area contributed by atoms with Gasteiger partial charge in [0.2, 0.25) is 0 Å². The van der Waals surface area contributed by atoms with E-state index in [1.54, 1.807) is 14.2 Å². The molecule has 96 valence electrons. The van der Waals surface area contributed by atoms with Crippen molar-refractivity contribution < 1.29 is 9.47 Å². The highest BCUT2D eigenvalue weighted by atomic mass is 32.1. The van der Waals surface area contributed by atoms with Gasteiger partial charge in [0.05, 0.1) is 14.2 Å². The van der Waals surface area contributed by atoms with Gasteiger partial charge in [0.1, 0.15) is 11.5 Å². The van der Waals surface area contributed by atoms with Gasteiger partial charge in [-0.1, -0.05) is 0 Å². The van der Waals surface area contributed by atoms with E-state index in [9.17, 15) is 0 Å². The molecule has 1 unspecified atom stereocenters. The van der Waals surface area contributed by atoms with E-state index >= 15 is 0 Å². The molecule has 18 heavy (non-hydrogen) atoms. The highest BCUT2D eigenvalue weighted by Gasteiger charge is 2.21. The first-order chi connectivity index (χ1) is 8.63. The highest BCUT2D eigenvalue weighted by Crippen LogP contribution is 2.30. The standard InChI is InChI=1S/C11H14N4O2S/c1-16-6-3-4-8(17-2)7(5-6)9-13-10(12)15-11(18)14-9/h3-5,9H,1-2H3,(H4,12,13,14,15,18). The molecule has 0 saturated heterocycles. The van der Waals surface area contributed by atoms with Crippen LogP contribution in [0.25, 0.3) is 0 Å². The summed E-state index contributed by atoms with van der Waals surface area (Å²) in [5.41, 5.74) is 6.46. The van der Waals surface area contributed by atoms with E-state index in [0.717, 1.165) is 5.56 Å². The molecule has 0 aromatic heterocycles. The van der Waals surface area contributed by atoms with E-state index in [0.29, 0.717) is 16.6 Å². The molecule has 0 fully saturated rings. The van der Waals surface area contributed by atoms with Gasteiger partial charge in [-0.05, 0) is 30.4 Å². The predicted molar refractivity (Wildman–Crippen MR) is 72.8 cm³/mol. The molecule has 4 N–H and O–H groups in total. The van der Waals surface area contributed by atoms with E-state index in [1.165, 1.54) is 0 Å². The van der Waals surface area contributed by atoms with Crippen molar-refractivity contribution in [2.24, 2.45) is 10.7 Å². The van der Waals surface area contributed by atoms with Crippen LogP contribution in [0.2, 0.25) is 0 Å². The molecule has 0 aliphatic carbocycles. The summed E-state index contributed by atoms with van der Waals surface area (Å²) in [7, 11) is 3.20. The molecule has 0 spiro atoms. The Hall–Kier alpha value is -2.02. The molecule has 1 aliphatic rings. The van der Waals surface area contributed by atoms with E-state index in [-0.39, 0.29) is 12.1 Å². The number of methoxy groups -OCH3 is 2. The molecule has 1 aromatic carbocycles. The van der Waals surface area contributed by atoms with Crippen molar-refractivity contribution in [1.82, 2.24) is 10.6 Å². The van der Waals surface area contributed by atoms with E-state index in [1.807, 2.05) is 18.2 Å². The lowest BCUT2D eigenvalue weighted by molar-refractivity contribution is 0.393. The first kappa shape index (κ1) is 12.4. The number of hydrogen-bond acceptors (Lipinski definition) is 5. The van der Waals surface area contributed by atoms with E-state index < -0.39 is 0 Å². The number of nitrogens with two attached hydrogens (primary N) is 1. The Morgan fingerprint density at radius 2 is 2.11 bits per heavy atom. The highest BCUT2D eigenvalue weighted by molar-refractivity contribution is 7.80. The Bertz CT molecular complexity index is 504. The number of aliphatic imine (C=N–C) groups is 1. The summed E-state index contributed by atoms with van der Waals surface area (Å²) < 4.78 is 10.5. The maximum atomic E-state index is 5.65. The molecular weight excluding hydrogens is 252 g/mol. The Balaban J connectivity index is 2.42. The number of thiocarbonyl (C=S) groups is 1. The second-order valence-corrected chi connectivity index (χ2v) is 4.03. The first-order valence-corrected chi connectivity index (χ1v) is 5.67. The van der Waals surface area contributed by atoms with Crippen LogP contribution in [0.3, 0.4) is 0 Å². The van der Waals surface area contributed by atoms with Gasteiger partial charge in [0, 0.05) is 5.56 Å². The minimum atomic E-state index is -0.385. The topological polar surface area (TPSA) is 80.9 Å². The largest absolute Gasteiger partial charge is 0.497 e. The molecule has 1 atom stereocenters. The van der Waals surface area contributed by atoms with Crippen molar-refractivity contribution >= 4 is 23.3 Å². The van der Waals surface area contributed by atoms with Gasteiger partial charge in [-0.25, -0.2) is 4.99 Å². The van der Waals surface area contributed by atoms with Crippen LogP contribution in [0.1, 0.15) is 11.7 Å². The third-order valence-corrected chi connectivity index (χ3v) is 2.73. The van der Waals surface area contributed by atoms with Gasteiger partial charge in [0.25, 0.3) is 0 Å². The van der Waals surface area contributed by atoms with Crippen molar-refractivity contribution in [2.75, 3.05) is 14.2 Å². The Morgan fingerprint density at radius 3 is 2.72 bits per heavy atom. The van der Waals surface area contributed by atoms with Gasteiger partial charge < -0.3 is 25.8 Å². The van der Waals surface area contributed by atoms with Gasteiger partial charge in [0.15, 0.2) is 17.2 Å². The molecule has 0 amide bonds. The van der Waals surface area contributed by atoms with Gasteiger partial charge in [-0.3, -0.25) is 0 Å². The SMILES string of the molecule is COc1ccc(OC)c(C2N=C(N)NC(=S)N2)c1. The normalized spacial score (nSPS) is 18.4. The molecule has 1 heterocycles. The molecule has 2 rings (SSSR count). The van der Waals surface area contributed by atoms with E-state index in [2.05, 4.69) is 15.6 Å². The molecule has 0 bridgehead atoms. The second kappa shape index (κ2) is 5.09. The summed E-state index contributed by atoms with van der Waals surface area (Å²) >= 11 is 5.05. The molecular formula is C11H14N4O2S. The van der Waals surface area contributed by atoms with Crippen LogP contribution in [-0.2, 0) is 0 Å². The van der Waals surface area contributed by atoms with Crippen molar-refractivity contribution in [3.05, 3.63) is 23.8 Å². The van der Waals surface area contributed by atoms with Crippen LogP contribution in [0.5, 0.6) is 11.5 Å². The molecule has 0 radical (unpaired) electrons. The zero-order valence-electron chi connectivity index (χ0n) is 10.1. The minimum Gasteiger partial charge on any atom is -0.497 e. The van der Waals surface area contributed by atoms with Crippen LogP contribution in [0, 0.1) is 0 Å². The zero-order valence-corrected chi connectivity index (χ0v) is 10.9. The fraction of sp³-hybridized carbons (Fsp3) is 0.273. The quantitative estimate of drug-likeness (QED) is 0.691. The molecule has 1 aromatic rings. The number of nitrogens with zero attached hydrogens (tertiary/aromatic N) is 1. The zero-order chi connectivity index (χ0) is 13.1. The number of hydrogen-bond donors (Lipinski definition) is 3. The molecule has 0 saturated carbocycles. The van der Waals surface area contributed by atoms with Crippen molar-refractivity contribution in [3.63, 3.8) is 0 Å². The predicted octanol–water partition coefficient (Wildman–Crippen LogP) is 0.495. The summed E-state index contributed by atoms with van der Waals surface area (Å²) in [6.45, 7) is 0. The van der Waals surface area contributed by atoms with Crippen molar-refractivity contribution in [3.8, 4) is 11.5 Å². The van der Waals surface area contributed by atoms with Crippen LogP contribution >= 0.6 is 12.2 Å². The molecule has 7 heteroatoms. The van der Waals surface area contributed by atoms with Gasteiger partial charge >= 0.3 is 0 Å². The van der Waals surface area contributed by atoms with Crippen molar-refractivity contribution in [1.29, 1.82) is 0 Å². The van der Waals surface area contributed by atoms with Crippen LogP contribution in [0.4, 0.5) is 0 Å². The Kier molecular flexibility index (Phi) is 3.52.